The number of aliphatic imine (C=N–C) groups is 1. The van der Waals surface area contributed by atoms with Crippen LogP contribution in [0.5, 0.6) is 0 Å². The van der Waals surface area contributed by atoms with Gasteiger partial charge in [-0.25, -0.2) is 4.99 Å². The lowest BCUT2D eigenvalue weighted by Gasteiger charge is -2.17. The molecule has 7 heteroatoms. The fraction of sp³-hybridized carbons (Fsp3) is 0.148. The fourth-order valence-electron chi connectivity index (χ4n) is 3.54. The number of amidine groups is 1. The normalized spacial score (nSPS) is 15.6. The van der Waals surface area contributed by atoms with Crippen LogP contribution in [0.2, 0.25) is 0 Å². The molecule has 3 aromatic carbocycles. The summed E-state index contributed by atoms with van der Waals surface area (Å²) in [7, 11) is 1.92. The van der Waals surface area contributed by atoms with Crippen molar-refractivity contribution in [3.8, 4) is 6.07 Å². The number of carbonyl (C=O) groups excluding carboxylic acids is 1. The quantitative estimate of drug-likeness (QED) is 0.449. The Morgan fingerprint density at radius 1 is 1.09 bits per heavy atom. The number of hydrogen-bond donors (Lipinski definition) is 1. The van der Waals surface area contributed by atoms with Gasteiger partial charge < -0.3 is 10.2 Å². The van der Waals surface area contributed by atoms with E-state index in [1.54, 1.807) is 17.0 Å². The van der Waals surface area contributed by atoms with Gasteiger partial charge in [-0.1, -0.05) is 48.5 Å². The summed E-state index contributed by atoms with van der Waals surface area (Å²) < 4.78 is 0. The van der Waals surface area contributed by atoms with Gasteiger partial charge in [0, 0.05) is 25.5 Å². The SMILES string of the molecule is CCNc1ccc(C#N)cc1/N=C1\S/C(=C\N(C)c2ccccc2)C(=O)N1Cc1ccccc1. The molecule has 3 aromatic rings. The standard InChI is InChI=1S/C27H25N5OS/c1-3-29-23-15-14-21(17-28)16-24(23)30-27-32(18-20-10-6-4-7-11-20)26(33)25(34-27)19-31(2)22-12-8-5-9-13-22/h4-16,19,29H,3,18H2,1-2H3/b25-19-,30-27-. The minimum absolute atomic E-state index is 0.100. The summed E-state index contributed by atoms with van der Waals surface area (Å²) in [6.07, 6.45) is 1.85. The highest BCUT2D eigenvalue weighted by molar-refractivity contribution is 8.18. The summed E-state index contributed by atoms with van der Waals surface area (Å²) in [6.45, 7) is 3.13. The van der Waals surface area contributed by atoms with E-state index in [0.29, 0.717) is 27.9 Å². The number of carbonyl (C=O) groups is 1. The second-order valence-corrected chi connectivity index (χ2v) is 8.70. The molecule has 1 N–H and O–H groups in total. The maximum absolute atomic E-state index is 13.5. The lowest BCUT2D eigenvalue weighted by molar-refractivity contribution is -0.122. The fourth-order valence-corrected chi connectivity index (χ4v) is 4.54. The van der Waals surface area contributed by atoms with E-state index in [9.17, 15) is 10.1 Å². The number of rotatable bonds is 7. The molecule has 0 atom stereocenters. The number of benzene rings is 3. The third-order valence-corrected chi connectivity index (χ3v) is 6.25. The molecule has 0 bridgehead atoms. The van der Waals surface area contributed by atoms with Gasteiger partial charge >= 0.3 is 0 Å². The minimum atomic E-state index is -0.100. The van der Waals surface area contributed by atoms with Gasteiger partial charge in [0.2, 0.25) is 0 Å². The molecule has 1 aliphatic heterocycles. The van der Waals surface area contributed by atoms with Crippen molar-refractivity contribution >= 4 is 39.9 Å². The van der Waals surface area contributed by atoms with Crippen LogP contribution >= 0.6 is 11.8 Å². The van der Waals surface area contributed by atoms with Gasteiger partial charge in [-0.15, -0.1) is 0 Å². The average Bonchev–Trinajstić information content (AvgIpc) is 3.15. The van der Waals surface area contributed by atoms with Crippen LogP contribution in [0.1, 0.15) is 18.1 Å². The van der Waals surface area contributed by atoms with E-state index in [1.807, 2.05) is 91.8 Å². The van der Waals surface area contributed by atoms with Crippen molar-refractivity contribution in [2.45, 2.75) is 13.5 Å². The minimum Gasteiger partial charge on any atom is -0.384 e. The van der Waals surface area contributed by atoms with E-state index in [-0.39, 0.29) is 5.91 Å². The molecule has 0 saturated carbocycles. The molecular weight excluding hydrogens is 442 g/mol. The molecule has 1 saturated heterocycles. The van der Waals surface area contributed by atoms with Crippen LogP contribution in [0.25, 0.3) is 0 Å². The molecule has 4 rings (SSSR count). The predicted octanol–water partition coefficient (Wildman–Crippen LogP) is 5.73. The average molecular weight is 468 g/mol. The molecule has 6 nitrogen and oxygen atoms in total. The van der Waals surface area contributed by atoms with E-state index in [1.165, 1.54) is 11.8 Å². The van der Waals surface area contributed by atoms with Crippen molar-refractivity contribution < 1.29 is 4.79 Å². The molecule has 34 heavy (non-hydrogen) atoms. The molecule has 170 valence electrons. The first kappa shape index (κ1) is 23.1. The first-order chi connectivity index (χ1) is 16.6. The van der Waals surface area contributed by atoms with Gasteiger partial charge in [0.15, 0.2) is 5.17 Å². The maximum atomic E-state index is 13.5. The maximum Gasteiger partial charge on any atom is 0.268 e. The predicted molar refractivity (Wildman–Crippen MR) is 140 cm³/mol. The zero-order valence-corrected chi connectivity index (χ0v) is 19.9. The third-order valence-electron chi connectivity index (χ3n) is 5.26. The first-order valence-corrected chi connectivity index (χ1v) is 11.8. The van der Waals surface area contributed by atoms with Crippen LogP contribution in [0.4, 0.5) is 17.1 Å². The van der Waals surface area contributed by atoms with E-state index in [2.05, 4.69) is 11.4 Å². The Hall–Kier alpha value is -4.02. The summed E-state index contributed by atoms with van der Waals surface area (Å²) in [5, 5.41) is 13.2. The number of amides is 1. The van der Waals surface area contributed by atoms with Gasteiger partial charge in [0.25, 0.3) is 5.91 Å². The zero-order valence-electron chi connectivity index (χ0n) is 19.1. The Labute approximate surface area is 204 Å². The number of thioether (sulfide) groups is 1. The summed E-state index contributed by atoms with van der Waals surface area (Å²) in [5.74, 6) is -0.100. The van der Waals surface area contributed by atoms with Gasteiger partial charge in [-0.3, -0.25) is 9.69 Å². The molecule has 0 aromatic heterocycles. The van der Waals surface area contributed by atoms with Crippen LogP contribution in [-0.4, -0.2) is 29.6 Å². The molecule has 1 amide bonds. The number of nitriles is 1. The van der Waals surface area contributed by atoms with E-state index >= 15 is 0 Å². The molecule has 0 unspecified atom stereocenters. The Kier molecular flexibility index (Phi) is 7.31. The van der Waals surface area contributed by atoms with Crippen LogP contribution in [-0.2, 0) is 11.3 Å². The Morgan fingerprint density at radius 3 is 2.47 bits per heavy atom. The summed E-state index contributed by atoms with van der Waals surface area (Å²) >= 11 is 1.34. The number of hydrogen-bond acceptors (Lipinski definition) is 6. The molecule has 1 fully saturated rings. The number of para-hydroxylation sites is 1. The van der Waals surface area contributed by atoms with E-state index in [4.69, 9.17) is 4.99 Å². The van der Waals surface area contributed by atoms with Gasteiger partial charge in [-0.05, 0) is 54.6 Å². The summed E-state index contributed by atoms with van der Waals surface area (Å²) in [4.78, 5) is 22.5. The largest absolute Gasteiger partial charge is 0.384 e. The molecule has 1 heterocycles. The second-order valence-electron chi connectivity index (χ2n) is 7.69. The van der Waals surface area contributed by atoms with Crippen LogP contribution in [0.15, 0.2) is 95.0 Å². The van der Waals surface area contributed by atoms with E-state index in [0.717, 1.165) is 23.5 Å². The van der Waals surface area contributed by atoms with Crippen LogP contribution in [0.3, 0.4) is 0 Å². The topological polar surface area (TPSA) is 71.7 Å². The molecule has 1 aliphatic rings. The van der Waals surface area contributed by atoms with Crippen molar-refractivity contribution in [2.75, 3.05) is 23.8 Å². The van der Waals surface area contributed by atoms with Crippen molar-refractivity contribution in [2.24, 2.45) is 4.99 Å². The Balaban J connectivity index is 1.74. The highest BCUT2D eigenvalue weighted by Crippen LogP contribution is 2.36. The first-order valence-electron chi connectivity index (χ1n) is 11.0. The second kappa shape index (κ2) is 10.7. The Morgan fingerprint density at radius 2 is 1.79 bits per heavy atom. The number of nitrogens with one attached hydrogen (secondary N) is 1. The number of nitrogens with zero attached hydrogens (tertiary/aromatic N) is 4. The zero-order chi connectivity index (χ0) is 23.9. The highest BCUT2D eigenvalue weighted by Gasteiger charge is 2.34. The summed E-state index contributed by atoms with van der Waals surface area (Å²) in [6, 6.07) is 27.3. The monoisotopic (exact) mass is 467 g/mol. The third kappa shape index (κ3) is 5.30. The van der Waals surface area contributed by atoms with Gasteiger partial charge in [0.1, 0.15) is 0 Å². The van der Waals surface area contributed by atoms with E-state index < -0.39 is 0 Å². The molecular formula is C27H25N5OS. The van der Waals surface area contributed by atoms with Crippen molar-refractivity contribution in [3.63, 3.8) is 0 Å². The lowest BCUT2D eigenvalue weighted by Crippen LogP contribution is -2.28. The van der Waals surface area contributed by atoms with Crippen LogP contribution < -0.4 is 10.2 Å². The molecule has 0 spiro atoms. The molecule has 0 radical (unpaired) electrons. The van der Waals surface area contributed by atoms with Crippen molar-refractivity contribution in [1.82, 2.24) is 4.90 Å². The summed E-state index contributed by atoms with van der Waals surface area (Å²) in [5.41, 5.74) is 3.97. The van der Waals surface area contributed by atoms with Crippen molar-refractivity contribution in [3.05, 3.63) is 101 Å². The van der Waals surface area contributed by atoms with Gasteiger partial charge in [-0.2, -0.15) is 5.26 Å². The van der Waals surface area contributed by atoms with Gasteiger partial charge in [0.05, 0.1) is 34.5 Å². The van der Waals surface area contributed by atoms with Crippen molar-refractivity contribution in [1.29, 1.82) is 5.26 Å². The highest BCUT2D eigenvalue weighted by atomic mass is 32.2. The smallest absolute Gasteiger partial charge is 0.268 e. The Bertz CT molecular complexity index is 1270. The molecule has 0 aliphatic carbocycles. The number of anilines is 2. The lowest BCUT2D eigenvalue weighted by atomic mass is 10.2. The van der Waals surface area contributed by atoms with Crippen LogP contribution in [0, 0.1) is 11.3 Å².